The molecule has 4 unspecified atom stereocenters. The third-order valence-corrected chi connectivity index (χ3v) is 4.76. The highest BCUT2D eigenvalue weighted by molar-refractivity contribution is 6.00. The average Bonchev–Trinajstić information content (AvgIpc) is 2.62. The van der Waals surface area contributed by atoms with Gasteiger partial charge in [-0.2, -0.15) is 0 Å². The summed E-state index contributed by atoms with van der Waals surface area (Å²) in [5.41, 5.74) is 1.12. The third kappa shape index (κ3) is 8.50. The van der Waals surface area contributed by atoms with E-state index in [0.29, 0.717) is 18.1 Å². The van der Waals surface area contributed by atoms with Crippen LogP contribution in [0.25, 0.3) is 0 Å². The fraction of sp³-hybridized carbons (Fsp3) is 0.583. The molecule has 1 rings (SSSR count). The minimum Gasteiger partial charge on any atom is -0.458 e. The zero-order valence-electron chi connectivity index (χ0n) is 18.6. The second kappa shape index (κ2) is 12.6. The molecular weight excluding hydrogens is 368 g/mol. The Kier molecular flexibility index (Phi) is 10.8. The van der Waals surface area contributed by atoms with Crippen molar-refractivity contribution in [2.75, 3.05) is 13.2 Å². The zero-order chi connectivity index (χ0) is 22.0. The van der Waals surface area contributed by atoms with Gasteiger partial charge in [0.25, 0.3) is 0 Å². The SMILES string of the molecule is CCOCC1=CC(OC(C)=O)C(C(C)=CC=CC(C)C=CCC(C)C)C(O)C1=O. The number of aliphatic hydroxyl groups excluding tert-OH is 1. The van der Waals surface area contributed by atoms with Crippen LogP contribution in [0.3, 0.4) is 0 Å². The standard InChI is InChI=1S/C24H36O5/c1-7-28-15-20-14-21(29-19(6)25)22(24(27)23(20)26)18(5)13-9-12-17(4)11-8-10-16(2)3/h8-9,11-14,16-17,21-22,24,27H,7,10,15H2,1-6H3. The van der Waals surface area contributed by atoms with Gasteiger partial charge in [-0.3, -0.25) is 9.59 Å². The van der Waals surface area contributed by atoms with Gasteiger partial charge in [0.1, 0.15) is 12.2 Å². The predicted molar refractivity (Wildman–Crippen MR) is 115 cm³/mol. The number of allylic oxidation sites excluding steroid dienone is 5. The summed E-state index contributed by atoms with van der Waals surface area (Å²) in [6.45, 7) is 12.0. The molecule has 0 amide bonds. The second-order valence-electron chi connectivity index (χ2n) is 7.95. The number of carbonyl (C=O) groups excluding carboxylic acids is 2. The molecule has 0 radical (unpaired) electrons. The Morgan fingerprint density at radius 2 is 1.93 bits per heavy atom. The van der Waals surface area contributed by atoms with Gasteiger partial charge in [0.05, 0.1) is 12.5 Å². The maximum absolute atomic E-state index is 12.5. The maximum atomic E-state index is 12.5. The van der Waals surface area contributed by atoms with Crippen LogP contribution in [0.4, 0.5) is 0 Å². The number of carbonyl (C=O) groups is 2. The Balaban J connectivity index is 2.98. The van der Waals surface area contributed by atoms with Crippen LogP contribution in [-0.2, 0) is 19.1 Å². The number of rotatable bonds is 10. The van der Waals surface area contributed by atoms with Gasteiger partial charge in [-0.05, 0) is 38.2 Å². The summed E-state index contributed by atoms with van der Waals surface area (Å²) in [5, 5.41) is 10.6. The van der Waals surface area contributed by atoms with E-state index in [4.69, 9.17) is 9.47 Å². The monoisotopic (exact) mass is 404 g/mol. The summed E-state index contributed by atoms with van der Waals surface area (Å²) in [5.74, 6) is -0.547. The molecule has 0 saturated carbocycles. The highest BCUT2D eigenvalue weighted by atomic mass is 16.5. The minimum absolute atomic E-state index is 0.0970. The molecule has 0 bridgehead atoms. The number of hydrogen-bond acceptors (Lipinski definition) is 5. The van der Waals surface area contributed by atoms with Crippen LogP contribution in [0, 0.1) is 17.8 Å². The summed E-state index contributed by atoms with van der Waals surface area (Å²) < 4.78 is 10.7. The lowest BCUT2D eigenvalue weighted by Gasteiger charge is -2.33. The molecule has 0 aromatic carbocycles. The van der Waals surface area contributed by atoms with Crippen LogP contribution in [0.2, 0.25) is 0 Å². The predicted octanol–water partition coefficient (Wildman–Crippen LogP) is 4.18. The average molecular weight is 405 g/mol. The molecule has 0 aromatic rings. The van der Waals surface area contributed by atoms with Crippen molar-refractivity contribution in [3.05, 3.63) is 47.6 Å². The molecule has 29 heavy (non-hydrogen) atoms. The van der Waals surface area contributed by atoms with E-state index in [1.54, 1.807) is 6.08 Å². The summed E-state index contributed by atoms with van der Waals surface area (Å²) in [6, 6.07) is 0. The van der Waals surface area contributed by atoms with Gasteiger partial charge < -0.3 is 14.6 Å². The molecule has 5 heteroatoms. The molecule has 0 heterocycles. The Hall–Kier alpha value is -1.98. The van der Waals surface area contributed by atoms with Gasteiger partial charge in [0, 0.05) is 19.1 Å². The van der Waals surface area contributed by atoms with Crippen LogP contribution in [0.15, 0.2) is 47.6 Å². The molecule has 1 aliphatic rings. The topological polar surface area (TPSA) is 72.8 Å². The van der Waals surface area contributed by atoms with Crippen molar-refractivity contribution in [1.82, 2.24) is 0 Å². The Morgan fingerprint density at radius 1 is 1.24 bits per heavy atom. The number of Topliss-reactive ketones (excluding diaryl/α,β-unsaturated/α-hetero) is 1. The minimum atomic E-state index is -1.27. The number of aliphatic hydroxyl groups is 1. The normalized spacial score (nSPS) is 24.4. The van der Waals surface area contributed by atoms with Gasteiger partial charge >= 0.3 is 5.97 Å². The van der Waals surface area contributed by atoms with Crippen LogP contribution in [0.1, 0.15) is 48.0 Å². The molecule has 0 aromatic heterocycles. The van der Waals surface area contributed by atoms with E-state index in [1.807, 2.05) is 26.0 Å². The summed E-state index contributed by atoms with van der Waals surface area (Å²) in [7, 11) is 0. The number of ketones is 1. The highest BCUT2D eigenvalue weighted by Gasteiger charge is 2.40. The molecule has 5 nitrogen and oxygen atoms in total. The summed E-state index contributed by atoms with van der Waals surface area (Å²) in [4.78, 5) is 24.1. The number of hydrogen-bond donors (Lipinski definition) is 1. The first kappa shape index (κ1) is 25.1. The van der Waals surface area contributed by atoms with Crippen LogP contribution < -0.4 is 0 Å². The first-order valence-electron chi connectivity index (χ1n) is 10.4. The molecular formula is C24H36O5. The molecule has 4 atom stereocenters. The van der Waals surface area contributed by atoms with Gasteiger partial charge in [-0.15, -0.1) is 0 Å². The van der Waals surface area contributed by atoms with Crippen molar-refractivity contribution in [3.8, 4) is 0 Å². The number of esters is 1. The first-order valence-corrected chi connectivity index (χ1v) is 10.4. The van der Waals surface area contributed by atoms with Crippen molar-refractivity contribution < 1.29 is 24.2 Å². The van der Waals surface area contributed by atoms with Crippen molar-refractivity contribution in [2.24, 2.45) is 17.8 Å². The fourth-order valence-electron chi connectivity index (χ4n) is 3.18. The quantitative estimate of drug-likeness (QED) is 0.336. The van der Waals surface area contributed by atoms with E-state index >= 15 is 0 Å². The van der Waals surface area contributed by atoms with E-state index in [0.717, 1.165) is 12.0 Å². The Labute approximate surface area is 175 Å². The number of ether oxygens (including phenoxy) is 2. The molecule has 0 saturated heterocycles. The van der Waals surface area contributed by atoms with Crippen molar-refractivity contribution in [3.63, 3.8) is 0 Å². The van der Waals surface area contributed by atoms with E-state index in [-0.39, 0.29) is 18.3 Å². The maximum Gasteiger partial charge on any atom is 0.303 e. The molecule has 0 fully saturated rings. The Bertz CT molecular complexity index is 669. The third-order valence-electron chi connectivity index (χ3n) is 4.76. The van der Waals surface area contributed by atoms with E-state index < -0.39 is 24.1 Å². The van der Waals surface area contributed by atoms with Crippen molar-refractivity contribution in [2.45, 2.75) is 60.2 Å². The smallest absolute Gasteiger partial charge is 0.303 e. The van der Waals surface area contributed by atoms with Crippen LogP contribution in [0.5, 0.6) is 0 Å². The van der Waals surface area contributed by atoms with Gasteiger partial charge in [-0.25, -0.2) is 0 Å². The van der Waals surface area contributed by atoms with E-state index in [9.17, 15) is 14.7 Å². The van der Waals surface area contributed by atoms with Crippen molar-refractivity contribution in [1.29, 1.82) is 0 Å². The van der Waals surface area contributed by atoms with Crippen molar-refractivity contribution >= 4 is 11.8 Å². The molecule has 0 aliphatic heterocycles. The van der Waals surface area contributed by atoms with Gasteiger partial charge in [0.15, 0.2) is 5.78 Å². The largest absolute Gasteiger partial charge is 0.458 e. The molecule has 0 spiro atoms. The highest BCUT2D eigenvalue weighted by Crippen LogP contribution is 2.30. The van der Waals surface area contributed by atoms with E-state index in [2.05, 4.69) is 39.0 Å². The van der Waals surface area contributed by atoms with Gasteiger partial charge in [0.2, 0.25) is 0 Å². The lowest BCUT2D eigenvalue weighted by atomic mass is 9.79. The lowest BCUT2D eigenvalue weighted by molar-refractivity contribution is -0.150. The molecule has 1 aliphatic carbocycles. The molecule has 162 valence electrons. The Morgan fingerprint density at radius 3 is 2.52 bits per heavy atom. The fourth-order valence-corrected chi connectivity index (χ4v) is 3.18. The van der Waals surface area contributed by atoms with Crippen LogP contribution >= 0.6 is 0 Å². The summed E-state index contributed by atoms with van der Waals surface area (Å²) >= 11 is 0. The second-order valence-corrected chi connectivity index (χ2v) is 7.95. The van der Waals surface area contributed by atoms with Crippen LogP contribution in [-0.4, -0.2) is 42.3 Å². The van der Waals surface area contributed by atoms with E-state index in [1.165, 1.54) is 6.92 Å². The lowest BCUT2D eigenvalue weighted by Crippen LogP contribution is -2.44. The summed E-state index contributed by atoms with van der Waals surface area (Å²) in [6.07, 6.45) is 10.8. The first-order chi connectivity index (χ1) is 13.7. The van der Waals surface area contributed by atoms with Gasteiger partial charge in [-0.1, -0.05) is 56.7 Å². The zero-order valence-corrected chi connectivity index (χ0v) is 18.6. The molecule has 1 N–H and O–H groups in total.